The second kappa shape index (κ2) is 5.19. The third-order valence-corrected chi connectivity index (χ3v) is 3.98. The summed E-state index contributed by atoms with van der Waals surface area (Å²) in [6, 6.07) is 9.35. The number of rotatable bonds is 3. The minimum Gasteiger partial charge on any atom is -0.372 e. The summed E-state index contributed by atoms with van der Waals surface area (Å²) in [4.78, 5) is 0. The maximum absolute atomic E-state index is 6.13. The molecule has 0 amide bonds. The third-order valence-electron chi connectivity index (χ3n) is 3.98. The Kier molecular flexibility index (Phi) is 3.44. The number of nitrogens with one attached hydrogen (secondary N) is 1. The van der Waals surface area contributed by atoms with E-state index < -0.39 is 0 Å². The van der Waals surface area contributed by atoms with Gasteiger partial charge in [-0.25, -0.2) is 0 Å². The average molecular weight is 231 g/mol. The fourth-order valence-corrected chi connectivity index (χ4v) is 3.01. The first kappa shape index (κ1) is 11.2. The molecule has 2 nitrogen and oxygen atoms in total. The maximum atomic E-state index is 6.13. The van der Waals surface area contributed by atoms with Gasteiger partial charge in [-0.3, -0.25) is 0 Å². The second-order valence-electron chi connectivity index (χ2n) is 5.21. The normalized spacial score (nSPS) is 28.0. The minimum absolute atomic E-state index is 0.336. The van der Waals surface area contributed by atoms with Gasteiger partial charge in [0.25, 0.3) is 0 Å². The van der Waals surface area contributed by atoms with E-state index >= 15 is 0 Å². The zero-order chi connectivity index (χ0) is 11.5. The first-order chi connectivity index (χ1) is 8.43. The standard InChI is InChI=1S/C15H21NO/c1-2-8-14-12(5-1)6-3-9-15(14)17-11-13-7-4-10-16-13/h1-2,5,8,13,15-16H,3-4,6-7,9-11H2/t13-,15?/m0/s1. The van der Waals surface area contributed by atoms with Crippen LogP contribution in [0.3, 0.4) is 0 Å². The molecule has 1 fully saturated rings. The van der Waals surface area contributed by atoms with E-state index in [1.807, 2.05) is 0 Å². The summed E-state index contributed by atoms with van der Waals surface area (Å²) in [6.07, 6.45) is 6.58. The van der Waals surface area contributed by atoms with Gasteiger partial charge >= 0.3 is 0 Å². The van der Waals surface area contributed by atoms with Crippen LogP contribution in [0.4, 0.5) is 0 Å². The number of aryl methyl sites for hydroxylation is 1. The van der Waals surface area contributed by atoms with Crippen LogP contribution in [0, 0.1) is 0 Å². The number of ether oxygens (including phenoxy) is 1. The Morgan fingerprint density at radius 2 is 2.12 bits per heavy atom. The highest BCUT2D eigenvalue weighted by molar-refractivity contribution is 5.31. The van der Waals surface area contributed by atoms with Crippen molar-refractivity contribution >= 4 is 0 Å². The molecule has 0 aromatic heterocycles. The molecule has 2 heteroatoms. The average Bonchev–Trinajstić information content (AvgIpc) is 2.89. The topological polar surface area (TPSA) is 21.3 Å². The van der Waals surface area contributed by atoms with Crippen molar-refractivity contribution in [3.63, 3.8) is 0 Å². The molecule has 0 saturated carbocycles. The van der Waals surface area contributed by atoms with E-state index in [0.717, 1.165) is 13.2 Å². The van der Waals surface area contributed by atoms with Gasteiger partial charge in [0.15, 0.2) is 0 Å². The van der Waals surface area contributed by atoms with Gasteiger partial charge < -0.3 is 10.1 Å². The SMILES string of the molecule is c1ccc2c(c1)CCCC2OC[C@@H]1CCCN1. The lowest BCUT2D eigenvalue weighted by Gasteiger charge is -2.26. The predicted molar refractivity (Wildman–Crippen MR) is 69.1 cm³/mol. The lowest BCUT2D eigenvalue weighted by molar-refractivity contribution is 0.0294. The van der Waals surface area contributed by atoms with Gasteiger partial charge in [-0.05, 0) is 49.8 Å². The van der Waals surface area contributed by atoms with Gasteiger partial charge in [-0.15, -0.1) is 0 Å². The molecule has 1 aromatic carbocycles. The Bertz CT molecular complexity index is 371. The molecule has 17 heavy (non-hydrogen) atoms. The van der Waals surface area contributed by atoms with Crippen molar-refractivity contribution < 1.29 is 4.74 Å². The second-order valence-corrected chi connectivity index (χ2v) is 5.21. The summed E-state index contributed by atoms with van der Waals surface area (Å²) >= 11 is 0. The number of benzene rings is 1. The lowest BCUT2D eigenvalue weighted by atomic mass is 9.89. The minimum atomic E-state index is 0.336. The summed E-state index contributed by atoms with van der Waals surface area (Å²) in [5, 5.41) is 3.50. The molecular formula is C15H21NO. The van der Waals surface area contributed by atoms with Crippen LogP contribution in [-0.2, 0) is 11.2 Å². The van der Waals surface area contributed by atoms with E-state index in [9.17, 15) is 0 Å². The summed E-state index contributed by atoms with van der Waals surface area (Å²) in [7, 11) is 0. The molecular weight excluding hydrogens is 210 g/mol. The van der Waals surface area contributed by atoms with Crippen LogP contribution in [0.2, 0.25) is 0 Å². The Labute approximate surface area is 103 Å². The van der Waals surface area contributed by atoms with E-state index in [1.165, 1.54) is 43.2 Å². The van der Waals surface area contributed by atoms with E-state index in [0.29, 0.717) is 12.1 Å². The van der Waals surface area contributed by atoms with E-state index in [-0.39, 0.29) is 0 Å². The largest absolute Gasteiger partial charge is 0.372 e. The van der Waals surface area contributed by atoms with Crippen molar-refractivity contribution in [2.45, 2.75) is 44.2 Å². The smallest absolute Gasteiger partial charge is 0.0828 e. The van der Waals surface area contributed by atoms with Crippen LogP contribution in [0.1, 0.15) is 42.9 Å². The third kappa shape index (κ3) is 2.53. The molecule has 92 valence electrons. The molecule has 0 bridgehead atoms. The van der Waals surface area contributed by atoms with Crippen molar-refractivity contribution in [2.75, 3.05) is 13.2 Å². The summed E-state index contributed by atoms with van der Waals surface area (Å²) in [5.74, 6) is 0. The molecule has 0 radical (unpaired) electrons. The zero-order valence-electron chi connectivity index (χ0n) is 10.3. The van der Waals surface area contributed by atoms with Crippen molar-refractivity contribution in [1.29, 1.82) is 0 Å². The molecule has 3 rings (SSSR count). The van der Waals surface area contributed by atoms with Gasteiger partial charge in [0.2, 0.25) is 0 Å². The highest BCUT2D eigenvalue weighted by Gasteiger charge is 2.22. The highest BCUT2D eigenvalue weighted by atomic mass is 16.5. The predicted octanol–water partition coefficient (Wildman–Crippen LogP) is 2.83. The lowest BCUT2D eigenvalue weighted by Crippen LogP contribution is -2.28. The van der Waals surface area contributed by atoms with Crippen LogP contribution in [0.25, 0.3) is 0 Å². The quantitative estimate of drug-likeness (QED) is 0.863. The van der Waals surface area contributed by atoms with Crippen molar-refractivity contribution in [1.82, 2.24) is 5.32 Å². The fourth-order valence-electron chi connectivity index (χ4n) is 3.01. The van der Waals surface area contributed by atoms with E-state index in [1.54, 1.807) is 0 Å². The first-order valence-corrected chi connectivity index (χ1v) is 6.86. The molecule has 0 spiro atoms. The van der Waals surface area contributed by atoms with Crippen LogP contribution in [0.5, 0.6) is 0 Å². The van der Waals surface area contributed by atoms with E-state index in [4.69, 9.17) is 4.74 Å². The van der Waals surface area contributed by atoms with Gasteiger partial charge in [0.05, 0.1) is 12.7 Å². The van der Waals surface area contributed by atoms with Crippen molar-refractivity contribution in [3.05, 3.63) is 35.4 Å². The van der Waals surface area contributed by atoms with Crippen LogP contribution in [-0.4, -0.2) is 19.2 Å². The molecule has 1 heterocycles. The van der Waals surface area contributed by atoms with Gasteiger partial charge in [0.1, 0.15) is 0 Å². The molecule has 1 aromatic rings. The van der Waals surface area contributed by atoms with Crippen LogP contribution >= 0.6 is 0 Å². The van der Waals surface area contributed by atoms with E-state index in [2.05, 4.69) is 29.6 Å². The van der Waals surface area contributed by atoms with Crippen molar-refractivity contribution in [2.24, 2.45) is 0 Å². The summed E-state index contributed by atoms with van der Waals surface area (Å²) < 4.78 is 6.13. The Morgan fingerprint density at radius 3 is 3.00 bits per heavy atom. The molecule has 1 unspecified atom stereocenters. The monoisotopic (exact) mass is 231 g/mol. The highest BCUT2D eigenvalue weighted by Crippen LogP contribution is 2.32. The zero-order valence-corrected chi connectivity index (χ0v) is 10.3. The molecule has 1 N–H and O–H groups in total. The van der Waals surface area contributed by atoms with Gasteiger partial charge in [0, 0.05) is 6.04 Å². The fraction of sp³-hybridized carbons (Fsp3) is 0.600. The van der Waals surface area contributed by atoms with Gasteiger partial charge in [-0.1, -0.05) is 24.3 Å². The molecule has 2 aliphatic rings. The summed E-state index contributed by atoms with van der Waals surface area (Å²) in [6.45, 7) is 2.04. The number of fused-ring (bicyclic) bond motifs is 1. The first-order valence-electron chi connectivity index (χ1n) is 6.86. The Hall–Kier alpha value is -0.860. The number of hydrogen-bond acceptors (Lipinski definition) is 2. The summed E-state index contributed by atoms with van der Waals surface area (Å²) in [5.41, 5.74) is 2.92. The van der Waals surface area contributed by atoms with Crippen LogP contribution < -0.4 is 5.32 Å². The Balaban J connectivity index is 1.64. The number of hydrogen-bond donors (Lipinski definition) is 1. The molecule has 1 saturated heterocycles. The Morgan fingerprint density at radius 1 is 1.18 bits per heavy atom. The molecule has 1 aliphatic carbocycles. The molecule has 2 atom stereocenters. The molecule has 1 aliphatic heterocycles. The van der Waals surface area contributed by atoms with Gasteiger partial charge in [-0.2, -0.15) is 0 Å². The van der Waals surface area contributed by atoms with Crippen molar-refractivity contribution in [3.8, 4) is 0 Å². The van der Waals surface area contributed by atoms with Crippen LogP contribution in [0.15, 0.2) is 24.3 Å². The maximum Gasteiger partial charge on any atom is 0.0828 e.